The van der Waals surface area contributed by atoms with Crippen LogP contribution in [0.25, 0.3) is 0 Å². The first-order chi connectivity index (χ1) is 8.83. The second kappa shape index (κ2) is 4.94. The molecule has 2 aromatic rings. The molecule has 1 atom stereocenters. The third-order valence-electron chi connectivity index (χ3n) is 3.23. The lowest BCUT2D eigenvalue weighted by Gasteiger charge is -2.25. The maximum absolute atomic E-state index is 5.90. The number of nitrogens with one attached hydrogen (secondary N) is 1. The molecule has 0 aromatic carbocycles. The summed E-state index contributed by atoms with van der Waals surface area (Å²) < 4.78 is 0. The van der Waals surface area contributed by atoms with E-state index < -0.39 is 0 Å². The first-order valence-corrected chi connectivity index (χ1v) is 6.53. The van der Waals surface area contributed by atoms with Gasteiger partial charge in [0, 0.05) is 6.20 Å². The SMILES string of the molecule is Clc1cccc(NC2CCCc3cccnc32)n1. The molecule has 2 aromatic heterocycles. The van der Waals surface area contributed by atoms with Crippen molar-refractivity contribution in [3.63, 3.8) is 0 Å². The summed E-state index contributed by atoms with van der Waals surface area (Å²) in [7, 11) is 0. The summed E-state index contributed by atoms with van der Waals surface area (Å²) in [6.07, 6.45) is 5.23. The number of pyridine rings is 2. The van der Waals surface area contributed by atoms with E-state index in [-0.39, 0.29) is 6.04 Å². The Morgan fingerprint density at radius 2 is 2.17 bits per heavy atom. The fourth-order valence-corrected chi connectivity index (χ4v) is 2.58. The van der Waals surface area contributed by atoms with Gasteiger partial charge in [0.05, 0.1) is 11.7 Å². The van der Waals surface area contributed by atoms with E-state index in [1.54, 1.807) is 6.07 Å². The van der Waals surface area contributed by atoms with Crippen molar-refractivity contribution in [2.45, 2.75) is 25.3 Å². The Morgan fingerprint density at radius 1 is 1.22 bits per heavy atom. The second-order valence-electron chi connectivity index (χ2n) is 4.48. The van der Waals surface area contributed by atoms with Gasteiger partial charge in [0.1, 0.15) is 11.0 Å². The third kappa shape index (κ3) is 2.31. The molecule has 1 unspecified atom stereocenters. The Kier molecular flexibility index (Phi) is 3.15. The van der Waals surface area contributed by atoms with Crippen LogP contribution in [0.4, 0.5) is 5.82 Å². The molecule has 1 aliphatic carbocycles. The molecule has 2 heterocycles. The first-order valence-electron chi connectivity index (χ1n) is 6.16. The van der Waals surface area contributed by atoms with Crippen molar-refractivity contribution in [2.75, 3.05) is 5.32 Å². The standard InChI is InChI=1S/C14H14ClN3/c15-12-7-2-8-13(18-12)17-11-6-1-4-10-5-3-9-16-14(10)11/h2-3,5,7-9,11H,1,4,6H2,(H,17,18). The average Bonchev–Trinajstić information content (AvgIpc) is 2.39. The van der Waals surface area contributed by atoms with Crippen LogP contribution in [-0.2, 0) is 6.42 Å². The lowest BCUT2D eigenvalue weighted by Crippen LogP contribution is -2.19. The van der Waals surface area contributed by atoms with Crippen molar-refractivity contribution in [2.24, 2.45) is 0 Å². The van der Waals surface area contributed by atoms with Gasteiger partial charge in [-0.15, -0.1) is 0 Å². The minimum Gasteiger partial charge on any atom is -0.362 e. The highest BCUT2D eigenvalue weighted by Gasteiger charge is 2.21. The monoisotopic (exact) mass is 259 g/mol. The Balaban J connectivity index is 1.86. The molecular formula is C14H14ClN3. The van der Waals surface area contributed by atoms with Crippen LogP contribution in [-0.4, -0.2) is 9.97 Å². The van der Waals surface area contributed by atoms with Crippen LogP contribution in [0.2, 0.25) is 5.15 Å². The van der Waals surface area contributed by atoms with Gasteiger partial charge >= 0.3 is 0 Å². The predicted molar refractivity (Wildman–Crippen MR) is 72.8 cm³/mol. The zero-order chi connectivity index (χ0) is 12.4. The lowest BCUT2D eigenvalue weighted by atomic mass is 9.92. The van der Waals surface area contributed by atoms with E-state index in [9.17, 15) is 0 Å². The number of nitrogens with zero attached hydrogens (tertiary/aromatic N) is 2. The Labute approximate surface area is 111 Å². The fraction of sp³-hybridized carbons (Fsp3) is 0.286. The van der Waals surface area contributed by atoms with Crippen molar-refractivity contribution < 1.29 is 0 Å². The molecule has 0 saturated heterocycles. The van der Waals surface area contributed by atoms with Gasteiger partial charge in [0.25, 0.3) is 0 Å². The zero-order valence-electron chi connectivity index (χ0n) is 9.94. The van der Waals surface area contributed by atoms with Gasteiger partial charge in [-0.1, -0.05) is 23.7 Å². The van der Waals surface area contributed by atoms with Crippen LogP contribution in [0, 0.1) is 0 Å². The van der Waals surface area contributed by atoms with Crippen LogP contribution in [0.1, 0.15) is 30.1 Å². The molecule has 0 amide bonds. The molecule has 0 radical (unpaired) electrons. The summed E-state index contributed by atoms with van der Waals surface area (Å²) in [5, 5.41) is 3.93. The van der Waals surface area contributed by atoms with E-state index in [4.69, 9.17) is 11.6 Å². The van der Waals surface area contributed by atoms with Gasteiger partial charge in [-0.25, -0.2) is 4.98 Å². The van der Waals surface area contributed by atoms with Crippen molar-refractivity contribution in [1.82, 2.24) is 9.97 Å². The van der Waals surface area contributed by atoms with Gasteiger partial charge in [-0.3, -0.25) is 4.98 Å². The first kappa shape index (κ1) is 11.5. The molecule has 3 rings (SSSR count). The topological polar surface area (TPSA) is 37.8 Å². The highest BCUT2D eigenvalue weighted by Crippen LogP contribution is 2.30. The van der Waals surface area contributed by atoms with E-state index in [1.165, 1.54) is 12.0 Å². The van der Waals surface area contributed by atoms with Crippen LogP contribution < -0.4 is 5.32 Å². The van der Waals surface area contributed by atoms with Gasteiger partial charge in [0.2, 0.25) is 0 Å². The maximum atomic E-state index is 5.90. The number of hydrogen-bond donors (Lipinski definition) is 1. The highest BCUT2D eigenvalue weighted by molar-refractivity contribution is 6.29. The molecule has 1 aliphatic rings. The molecule has 92 valence electrons. The summed E-state index contributed by atoms with van der Waals surface area (Å²) >= 11 is 5.90. The van der Waals surface area contributed by atoms with E-state index in [1.807, 2.05) is 24.4 Å². The van der Waals surface area contributed by atoms with Crippen molar-refractivity contribution in [1.29, 1.82) is 0 Å². The highest BCUT2D eigenvalue weighted by atomic mass is 35.5. The molecule has 0 aliphatic heterocycles. The number of anilines is 1. The van der Waals surface area contributed by atoms with Crippen molar-refractivity contribution in [3.8, 4) is 0 Å². The number of fused-ring (bicyclic) bond motifs is 1. The van der Waals surface area contributed by atoms with Gasteiger partial charge < -0.3 is 5.32 Å². The third-order valence-corrected chi connectivity index (χ3v) is 3.44. The summed E-state index contributed by atoms with van der Waals surface area (Å²) in [5.41, 5.74) is 2.48. The summed E-state index contributed by atoms with van der Waals surface area (Å²) in [5.74, 6) is 0.811. The van der Waals surface area contributed by atoms with Crippen LogP contribution in [0.3, 0.4) is 0 Å². The quantitative estimate of drug-likeness (QED) is 0.837. The molecule has 1 N–H and O–H groups in total. The minimum absolute atomic E-state index is 0.237. The Bertz CT molecular complexity index is 556. The van der Waals surface area contributed by atoms with Crippen LogP contribution in [0.5, 0.6) is 0 Å². The minimum atomic E-state index is 0.237. The van der Waals surface area contributed by atoms with Crippen molar-refractivity contribution in [3.05, 3.63) is 52.9 Å². The van der Waals surface area contributed by atoms with Gasteiger partial charge in [0.15, 0.2) is 0 Å². The molecule has 4 heteroatoms. The van der Waals surface area contributed by atoms with Gasteiger partial charge in [-0.2, -0.15) is 0 Å². The molecular weight excluding hydrogens is 246 g/mol. The van der Waals surface area contributed by atoms with Gasteiger partial charge in [-0.05, 0) is 43.0 Å². The van der Waals surface area contributed by atoms with Crippen LogP contribution in [0.15, 0.2) is 36.5 Å². The number of aromatic nitrogens is 2. The predicted octanol–water partition coefficient (Wildman–Crippen LogP) is 3.62. The number of halogens is 1. The van der Waals surface area contributed by atoms with E-state index >= 15 is 0 Å². The number of aryl methyl sites for hydroxylation is 1. The smallest absolute Gasteiger partial charge is 0.131 e. The molecule has 0 fully saturated rings. The summed E-state index contributed by atoms with van der Waals surface area (Å²) in [6, 6.07) is 10.0. The van der Waals surface area contributed by atoms with Crippen LogP contribution >= 0.6 is 11.6 Å². The van der Waals surface area contributed by atoms with E-state index in [2.05, 4.69) is 21.4 Å². The summed E-state index contributed by atoms with van der Waals surface area (Å²) in [4.78, 5) is 8.76. The molecule has 0 saturated carbocycles. The van der Waals surface area contributed by atoms with E-state index in [0.29, 0.717) is 5.15 Å². The van der Waals surface area contributed by atoms with E-state index in [0.717, 1.165) is 24.4 Å². The number of hydrogen-bond acceptors (Lipinski definition) is 3. The zero-order valence-corrected chi connectivity index (χ0v) is 10.7. The molecule has 0 spiro atoms. The normalized spacial score (nSPS) is 18.2. The molecule has 0 bridgehead atoms. The average molecular weight is 260 g/mol. The summed E-state index contributed by atoms with van der Waals surface area (Å²) in [6.45, 7) is 0. The largest absolute Gasteiger partial charge is 0.362 e. The second-order valence-corrected chi connectivity index (χ2v) is 4.87. The Morgan fingerprint density at radius 3 is 3.06 bits per heavy atom. The molecule has 3 nitrogen and oxygen atoms in total. The molecule has 18 heavy (non-hydrogen) atoms. The number of rotatable bonds is 2. The Hall–Kier alpha value is -1.61. The maximum Gasteiger partial charge on any atom is 0.131 e. The van der Waals surface area contributed by atoms with Crippen molar-refractivity contribution >= 4 is 17.4 Å². The lowest BCUT2D eigenvalue weighted by molar-refractivity contribution is 0.582. The fourth-order valence-electron chi connectivity index (χ4n) is 2.42.